The first-order valence-corrected chi connectivity index (χ1v) is 3.84. The van der Waals surface area contributed by atoms with E-state index in [-0.39, 0.29) is 0 Å². The van der Waals surface area contributed by atoms with Crippen LogP contribution in [-0.4, -0.2) is 10.2 Å². The number of allylic oxidation sites excluding steroid dienone is 3. The van der Waals surface area contributed by atoms with Gasteiger partial charge in [-0.05, 0) is 19.9 Å². The Morgan fingerprint density at radius 1 is 1.67 bits per heavy atom. The molecule has 0 radical (unpaired) electrons. The van der Waals surface area contributed by atoms with Crippen LogP contribution >= 0.6 is 0 Å². The first-order valence-electron chi connectivity index (χ1n) is 3.84. The fourth-order valence-corrected chi connectivity index (χ4v) is 0.977. The Kier molecular flexibility index (Phi) is 2.69. The highest BCUT2D eigenvalue weighted by molar-refractivity contribution is 5.63. The number of hydrogen-bond donors (Lipinski definition) is 2. The molecule has 64 valence electrons. The normalized spacial score (nSPS) is 12.7. The quantitative estimate of drug-likeness (QED) is 0.655. The highest BCUT2D eigenvalue weighted by atomic mass is 15.1. The number of H-pyrrole nitrogens is 1. The molecule has 3 heteroatoms. The summed E-state index contributed by atoms with van der Waals surface area (Å²) >= 11 is 0. The van der Waals surface area contributed by atoms with Crippen molar-refractivity contribution in [3.8, 4) is 0 Å². The monoisotopic (exact) mass is 163 g/mol. The van der Waals surface area contributed by atoms with E-state index in [0.29, 0.717) is 5.82 Å². The Bertz CT molecular complexity index is 307. The second-order valence-corrected chi connectivity index (χ2v) is 2.63. The molecule has 0 aromatic carbocycles. The van der Waals surface area contributed by atoms with E-state index in [2.05, 4.69) is 10.2 Å². The lowest BCUT2D eigenvalue weighted by molar-refractivity contribution is 1.10. The molecule has 0 bridgehead atoms. The third-order valence-corrected chi connectivity index (χ3v) is 1.51. The minimum Gasteiger partial charge on any atom is -0.384 e. The molecule has 0 fully saturated rings. The standard InChI is InChI=1S/C9H13N3/c1-3-4-7(2)5-8-6-11-12-9(8)10/h3-6H,1-2H3,(H3,10,11,12)/b4-3-,7-5-. The van der Waals surface area contributed by atoms with Crippen molar-refractivity contribution in [3.05, 3.63) is 29.5 Å². The molecule has 0 aliphatic rings. The van der Waals surface area contributed by atoms with Gasteiger partial charge in [0.05, 0.1) is 6.20 Å². The molecule has 0 atom stereocenters. The van der Waals surface area contributed by atoms with Gasteiger partial charge in [0.2, 0.25) is 0 Å². The molecule has 0 spiro atoms. The molecule has 1 heterocycles. The number of nitrogen functional groups attached to an aromatic ring is 1. The van der Waals surface area contributed by atoms with E-state index < -0.39 is 0 Å². The molecule has 3 nitrogen and oxygen atoms in total. The highest BCUT2D eigenvalue weighted by Crippen LogP contribution is 2.11. The van der Waals surface area contributed by atoms with E-state index in [1.54, 1.807) is 6.20 Å². The Labute approximate surface area is 72.0 Å². The number of anilines is 1. The number of rotatable bonds is 2. The predicted octanol–water partition coefficient (Wildman–Crippen LogP) is 1.97. The molecule has 0 amide bonds. The zero-order chi connectivity index (χ0) is 8.97. The average Bonchev–Trinajstić information content (AvgIpc) is 2.37. The summed E-state index contributed by atoms with van der Waals surface area (Å²) in [6.45, 7) is 4.00. The summed E-state index contributed by atoms with van der Waals surface area (Å²) in [6.07, 6.45) is 7.70. The fraction of sp³-hybridized carbons (Fsp3) is 0.222. The molecule has 0 unspecified atom stereocenters. The van der Waals surface area contributed by atoms with Crippen LogP contribution in [0.1, 0.15) is 19.4 Å². The van der Waals surface area contributed by atoms with Gasteiger partial charge in [0.15, 0.2) is 0 Å². The summed E-state index contributed by atoms with van der Waals surface area (Å²) in [5.41, 5.74) is 7.69. The van der Waals surface area contributed by atoms with Crippen LogP contribution in [0.4, 0.5) is 5.82 Å². The highest BCUT2D eigenvalue weighted by Gasteiger charge is 1.95. The Morgan fingerprint density at radius 3 is 2.92 bits per heavy atom. The van der Waals surface area contributed by atoms with Gasteiger partial charge in [-0.1, -0.05) is 17.7 Å². The van der Waals surface area contributed by atoms with Crippen LogP contribution in [0.2, 0.25) is 0 Å². The first kappa shape index (κ1) is 8.59. The van der Waals surface area contributed by atoms with E-state index in [1.165, 1.54) is 0 Å². The van der Waals surface area contributed by atoms with Gasteiger partial charge in [0.25, 0.3) is 0 Å². The summed E-state index contributed by atoms with van der Waals surface area (Å²) in [6, 6.07) is 0. The van der Waals surface area contributed by atoms with Crippen LogP contribution in [0.3, 0.4) is 0 Å². The van der Waals surface area contributed by atoms with Crippen molar-refractivity contribution in [3.63, 3.8) is 0 Å². The van der Waals surface area contributed by atoms with Crippen LogP contribution in [-0.2, 0) is 0 Å². The van der Waals surface area contributed by atoms with Gasteiger partial charge in [0, 0.05) is 5.56 Å². The van der Waals surface area contributed by atoms with Gasteiger partial charge in [-0.15, -0.1) is 0 Å². The van der Waals surface area contributed by atoms with Crippen molar-refractivity contribution in [1.82, 2.24) is 10.2 Å². The summed E-state index contributed by atoms with van der Waals surface area (Å²) in [7, 11) is 0. The third kappa shape index (κ3) is 1.99. The summed E-state index contributed by atoms with van der Waals surface area (Å²) in [5, 5.41) is 6.49. The second kappa shape index (κ2) is 3.76. The number of nitrogens with zero attached hydrogens (tertiary/aromatic N) is 1. The molecule has 3 N–H and O–H groups in total. The number of nitrogens with one attached hydrogen (secondary N) is 1. The lowest BCUT2D eigenvalue weighted by Crippen LogP contribution is -1.86. The average molecular weight is 163 g/mol. The summed E-state index contributed by atoms with van der Waals surface area (Å²) in [5.74, 6) is 0.610. The van der Waals surface area contributed by atoms with Gasteiger partial charge in [-0.2, -0.15) is 5.10 Å². The zero-order valence-electron chi connectivity index (χ0n) is 7.33. The van der Waals surface area contributed by atoms with E-state index >= 15 is 0 Å². The smallest absolute Gasteiger partial charge is 0.126 e. The maximum atomic E-state index is 5.60. The lowest BCUT2D eigenvalue weighted by atomic mass is 10.2. The minimum atomic E-state index is 0.610. The van der Waals surface area contributed by atoms with Gasteiger partial charge in [-0.25, -0.2) is 0 Å². The fourth-order valence-electron chi connectivity index (χ4n) is 0.977. The Balaban J connectivity index is 2.87. The number of hydrogen-bond acceptors (Lipinski definition) is 2. The zero-order valence-corrected chi connectivity index (χ0v) is 7.33. The van der Waals surface area contributed by atoms with Crippen molar-refractivity contribution in [1.29, 1.82) is 0 Å². The van der Waals surface area contributed by atoms with Crippen molar-refractivity contribution in [2.75, 3.05) is 5.73 Å². The SMILES string of the molecule is C/C=C\C(C)=C/c1cn[nH]c1N. The van der Waals surface area contributed by atoms with Crippen LogP contribution < -0.4 is 5.73 Å². The van der Waals surface area contributed by atoms with E-state index in [9.17, 15) is 0 Å². The summed E-state index contributed by atoms with van der Waals surface area (Å²) in [4.78, 5) is 0. The molecule has 1 aromatic heterocycles. The maximum Gasteiger partial charge on any atom is 0.126 e. The van der Waals surface area contributed by atoms with E-state index in [4.69, 9.17) is 5.73 Å². The van der Waals surface area contributed by atoms with Crippen molar-refractivity contribution in [2.45, 2.75) is 13.8 Å². The number of aromatic amines is 1. The van der Waals surface area contributed by atoms with Crippen LogP contribution in [0.15, 0.2) is 23.9 Å². The van der Waals surface area contributed by atoms with Gasteiger partial charge in [0.1, 0.15) is 5.82 Å². The van der Waals surface area contributed by atoms with Crippen molar-refractivity contribution < 1.29 is 0 Å². The van der Waals surface area contributed by atoms with Gasteiger partial charge < -0.3 is 5.73 Å². The maximum absolute atomic E-state index is 5.60. The van der Waals surface area contributed by atoms with Gasteiger partial charge in [-0.3, -0.25) is 5.10 Å². The molecule has 0 saturated heterocycles. The summed E-state index contributed by atoms with van der Waals surface area (Å²) < 4.78 is 0. The lowest BCUT2D eigenvalue weighted by Gasteiger charge is -1.91. The molecule has 0 aliphatic carbocycles. The van der Waals surface area contributed by atoms with Crippen LogP contribution in [0.25, 0.3) is 6.08 Å². The van der Waals surface area contributed by atoms with E-state index in [0.717, 1.165) is 11.1 Å². The third-order valence-electron chi connectivity index (χ3n) is 1.51. The predicted molar refractivity (Wildman–Crippen MR) is 51.5 cm³/mol. The number of nitrogens with two attached hydrogens (primary N) is 1. The van der Waals surface area contributed by atoms with Gasteiger partial charge >= 0.3 is 0 Å². The van der Waals surface area contributed by atoms with Crippen molar-refractivity contribution in [2.24, 2.45) is 0 Å². The minimum absolute atomic E-state index is 0.610. The van der Waals surface area contributed by atoms with Crippen LogP contribution in [0, 0.1) is 0 Å². The topological polar surface area (TPSA) is 54.7 Å². The van der Waals surface area contributed by atoms with Crippen LogP contribution in [0.5, 0.6) is 0 Å². The molecular weight excluding hydrogens is 150 g/mol. The largest absolute Gasteiger partial charge is 0.384 e. The Morgan fingerprint density at radius 2 is 2.42 bits per heavy atom. The van der Waals surface area contributed by atoms with E-state index in [1.807, 2.05) is 32.1 Å². The Hall–Kier alpha value is -1.51. The molecular formula is C9H13N3. The molecule has 12 heavy (non-hydrogen) atoms. The first-order chi connectivity index (χ1) is 5.74. The second-order valence-electron chi connectivity index (χ2n) is 2.63. The molecule has 0 aliphatic heterocycles. The molecule has 0 saturated carbocycles. The van der Waals surface area contributed by atoms with Crippen molar-refractivity contribution >= 4 is 11.9 Å². The number of aromatic nitrogens is 2. The molecule has 1 rings (SSSR count). The molecule has 1 aromatic rings.